The SMILES string of the molecule is Cn1c(C2CC(O)C2)nc2cc(C#N)ccc21. The molecule has 1 aromatic heterocycles. The van der Waals surface area contributed by atoms with Crippen LogP contribution in [-0.4, -0.2) is 20.8 Å². The molecule has 4 nitrogen and oxygen atoms in total. The lowest BCUT2D eigenvalue weighted by molar-refractivity contribution is 0.0709. The number of benzene rings is 1. The third-order valence-corrected chi connectivity index (χ3v) is 3.52. The summed E-state index contributed by atoms with van der Waals surface area (Å²) in [4.78, 5) is 4.58. The first kappa shape index (κ1) is 10.3. The van der Waals surface area contributed by atoms with Gasteiger partial charge < -0.3 is 9.67 Å². The van der Waals surface area contributed by atoms with Crippen molar-refractivity contribution in [3.63, 3.8) is 0 Å². The molecule has 0 spiro atoms. The van der Waals surface area contributed by atoms with Gasteiger partial charge in [-0.05, 0) is 31.0 Å². The zero-order valence-corrected chi connectivity index (χ0v) is 9.59. The maximum absolute atomic E-state index is 9.35. The van der Waals surface area contributed by atoms with Gasteiger partial charge in [-0.2, -0.15) is 5.26 Å². The molecule has 1 aromatic carbocycles. The van der Waals surface area contributed by atoms with Gasteiger partial charge in [0.2, 0.25) is 0 Å². The monoisotopic (exact) mass is 227 g/mol. The molecule has 17 heavy (non-hydrogen) atoms. The van der Waals surface area contributed by atoms with Crippen LogP contribution in [0.2, 0.25) is 0 Å². The van der Waals surface area contributed by atoms with E-state index in [1.807, 2.05) is 25.2 Å². The minimum Gasteiger partial charge on any atom is -0.393 e. The van der Waals surface area contributed by atoms with Gasteiger partial charge in [-0.25, -0.2) is 4.98 Å². The third kappa shape index (κ3) is 1.51. The van der Waals surface area contributed by atoms with E-state index in [1.54, 1.807) is 0 Å². The third-order valence-electron chi connectivity index (χ3n) is 3.52. The van der Waals surface area contributed by atoms with Gasteiger partial charge in [-0.15, -0.1) is 0 Å². The summed E-state index contributed by atoms with van der Waals surface area (Å²) < 4.78 is 2.06. The fraction of sp³-hybridized carbons (Fsp3) is 0.385. The molecule has 0 saturated heterocycles. The van der Waals surface area contributed by atoms with Crippen LogP contribution in [0.4, 0.5) is 0 Å². The van der Waals surface area contributed by atoms with Crippen LogP contribution < -0.4 is 0 Å². The van der Waals surface area contributed by atoms with Crippen LogP contribution in [-0.2, 0) is 7.05 Å². The molecule has 0 atom stereocenters. The number of aryl methyl sites for hydroxylation is 1. The molecule has 1 aliphatic carbocycles. The Kier molecular flexibility index (Phi) is 2.17. The molecule has 1 aliphatic rings. The molecule has 0 amide bonds. The van der Waals surface area contributed by atoms with Crippen LogP contribution in [0.5, 0.6) is 0 Å². The Bertz CT molecular complexity index is 617. The minimum absolute atomic E-state index is 0.172. The van der Waals surface area contributed by atoms with Crippen molar-refractivity contribution >= 4 is 11.0 Å². The Labute approximate surface area is 99.1 Å². The van der Waals surface area contributed by atoms with Crippen LogP contribution in [0.25, 0.3) is 11.0 Å². The molecule has 0 bridgehead atoms. The Morgan fingerprint density at radius 3 is 2.88 bits per heavy atom. The Hall–Kier alpha value is -1.86. The molecule has 4 heteroatoms. The first-order valence-electron chi connectivity index (χ1n) is 5.73. The van der Waals surface area contributed by atoms with E-state index in [2.05, 4.69) is 15.6 Å². The van der Waals surface area contributed by atoms with Crippen molar-refractivity contribution in [1.29, 1.82) is 5.26 Å². The molecule has 0 radical (unpaired) electrons. The molecule has 0 unspecified atom stereocenters. The van der Waals surface area contributed by atoms with E-state index in [0.29, 0.717) is 11.5 Å². The van der Waals surface area contributed by atoms with Crippen molar-refractivity contribution in [2.75, 3.05) is 0 Å². The van der Waals surface area contributed by atoms with Gasteiger partial charge in [0.05, 0.1) is 28.8 Å². The summed E-state index contributed by atoms with van der Waals surface area (Å²) in [5.74, 6) is 1.37. The molecular weight excluding hydrogens is 214 g/mol. The molecule has 0 aliphatic heterocycles. The second-order valence-electron chi connectivity index (χ2n) is 4.67. The number of imidazole rings is 1. The van der Waals surface area contributed by atoms with Crippen molar-refractivity contribution in [3.05, 3.63) is 29.6 Å². The van der Waals surface area contributed by atoms with Crippen LogP contribution in [0, 0.1) is 11.3 Å². The summed E-state index contributed by atoms with van der Waals surface area (Å²) in [6.45, 7) is 0. The van der Waals surface area contributed by atoms with E-state index in [9.17, 15) is 5.11 Å². The quantitative estimate of drug-likeness (QED) is 0.806. The highest BCUT2D eigenvalue weighted by Crippen LogP contribution is 2.37. The second kappa shape index (κ2) is 3.57. The van der Waals surface area contributed by atoms with Crippen molar-refractivity contribution < 1.29 is 5.11 Å². The van der Waals surface area contributed by atoms with Gasteiger partial charge in [0.15, 0.2) is 0 Å². The topological polar surface area (TPSA) is 61.8 Å². The number of rotatable bonds is 1. The van der Waals surface area contributed by atoms with Crippen molar-refractivity contribution in [1.82, 2.24) is 9.55 Å². The fourth-order valence-corrected chi connectivity index (χ4v) is 2.45. The summed E-state index contributed by atoms with van der Waals surface area (Å²) >= 11 is 0. The van der Waals surface area contributed by atoms with Crippen molar-refractivity contribution in [3.8, 4) is 6.07 Å². The largest absolute Gasteiger partial charge is 0.393 e. The van der Waals surface area contributed by atoms with E-state index in [-0.39, 0.29) is 6.10 Å². The molecule has 1 saturated carbocycles. The van der Waals surface area contributed by atoms with E-state index < -0.39 is 0 Å². The first-order chi connectivity index (χ1) is 8.19. The second-order valence-corrected chi connectivity index (χ2v) is 4.67. The highest BCUT2D eigenvalue weighted by Gasteiger charge is 2.32. The van der Waals surface area contributed by atoms with E-state index in [0.717, 1.165) is 29.7 Å². The number of nitriles is 1. The van der Waals surface area contributed by atoms with Crippen molar-refractivity contribution in [2.24, 2.45) is 7.05 Å². The lowest BCUT2D eigenvalue weighted by atomic mass is 9.82. The number of hydrogen-bond acceptors (Lipinski definition) is 3. The van der Waals surface area contributed by atoms with E-state index in [1.165, 1.54) is 0 Å². The number of fused-ring (bicyclic) bond motifs is 1. The average molecular weight is 227 g/mol. The van der Waals surface area contributed by atoms with Gasteiger partial charge in [-0.3, -0.25) is 0 Å². The summed E-state index contributed by atoms with van der Waals surface area (Å²) in [7, 11) is 1.99. The molecule has 1 fully saturated rings. The summed E-state index contributed by atoms with van der Waals surface area (Å²) in [5, 5.41) is 18.2. The lowest BCUT2D eigenvalue weighted by Crippen LogP contribution is -2.28. The smallest absolute Gasteiger partial charge is 0.112 e. The maximum Gasteiger partial charge on any atom is 0.112 e. The Balaban J connectivity index is 2.09. The lowest BCUT2D eigenvalue weighted by Gasteiger charge is -2.30. The van der Waals surface area contributed by atoms with Gasteiger partial charge in [0, 0.05) is 13.0 Å². The molecule has 3 rings (SSSR count). The standard InChI is InChI=1S/C13H13N3O/c1-16-12-3-2-8(7-14)4-11(12)15-13(16)9-5-10(17)6-9/h2-4,9-10,17H,5-6H2,1H3. The number of aliphatic hydroxyl groups excluding tert-OH is 1. The Morgan fingerprint density at radius 1 is 1.47 bits per heavy atom. The molecule has 86 valence electrons. The van der Waals surface area contributed by atoms with Gasteiger partial charge >= 0.3 is 0 Å². The van der Waals surface area contributed by atoms with E-state index in [4.69, 9.17) is 5.26 Å². The molecule has 2 aromatic rings. The zero-order valence-electron chi connectivity index (χ0n) is 9.59. The number of nitrogens with zero attached hydrogens (tertiary/aromatic N) is 3. The zero-order chi connectivity index (χ0) is 12.0. The normalized spacial score (nSPS) is 23.4. The van der Waals surface area contributed by atoms with Crippen LogP contribution >= 0.6 is 0 Å². The number of hydrogen-bond donors (Lipinski definition) is 1. The average Bonchev–Trinajstić information content (AvgIpc) is 2.62. The maximum atomic E-state index is 9.35. The van der Waals surface area contributed by atoms with Crippen LogP contribution in [0.1, 0.15) is 30.1 Å². The predicted octanol–water partition coefficient (Wildman–Crippen LogP) is 1.68. The highest BCUT2D eigenvalue weighted by atomic mass is 16.3. The van der Waals surface area contributed by atoms with E-state index >= 15 is 0 Å². The van der Waals surface area contributed by atoms with Crippen molar-refractivity contribution in [2.45, 2.75) is 24.9 Å². The number of aromatic nitrogens is 2. The minimum atomic E-state index is -0.172. The molecule has 1 N–H and O–H groups in total. The van der Waals surface area contributed by atoms with Gasteiger partial charge in [0.25, 0.3) is 0 Å². The predicted molar refractivity (Wildman–Crippen MR) is 63.4 cm³/mol. The van der Waals surface area contributed by atoms with Gasteiger partial charge in [0.1, 0.15) is 5.82 Å². The Morgan fingerprint density at radius 2 is 2.24 bits per heavy atom. The highest BCUT2D eigenvalue weighted by molar-refractivity contribution is 5.77. The van der Waals surface area contributed by atoms with Gasteiger partial charge in [-0.1, -0.05) is 0 Å². The summed E-state index contributed by atoms with van der Waals surface area (Å²) in [6, 6.07) is 7.68. The first-order valence-corrected chi connectivity index (χ1v) is 5.73. The molecular formula is C13H13N3O. The fourth-order valence-electron chi connectivity index (χ4n) is 2.45. The molecule has 1 heterocycles. The summed E-state index contributed by atoms with van der Waals surface area (Å²) in [5.41, 5.74) is 2.54. The van der Waals surface area contributed by atoms with Crippen LogP contribution in [0.15, 0.2) is 18.2 Å². The number of aliphatic hydroxyl groups is 1. The summed E-state index contributed by atoms with van der Waals surface area (Å²) in [6.07, 6.45) is 1.42. The van der Waals surface area contributed by atoms with Crippen LogP contribution in [0.3, 0.4) is 0 Å².